The van der Waals surface area contributed by atoms with Crippen molar-refractivity contribution in [2.24, 2.45) is 5.73 Å². The number of hydrogen-bond acceptors (Lipinski definition) is 4. The highest BCUT2D eigenvalue weighted by Gasteiger charge is 2.39. The summed E-state index contributed by atoms with van der Waals surface area (Å²) in [6.07, 6.45) is 2.65. The van der Waals surface area contributed by atoms with Gasteiger partial charge < -0.3 is 30.3 Å². The fraction of sp³-hybridized carbons (Fsp3) is 0.333. The molecule has 2 aliphatic rings. The van der Waals surface area contributed by atoms with Crippen molar-refractivity contribution >= 4 is 35.3 Å². The summed E-state index contributed by atoms with van der Waals surface area (Å²) < 4.78 is 1.98. The molecule has 1 unspecified atom stereocenters. The molecule has 2 aromatic carbocycles. The molecule has 5 amide bonds. The number of carbonyl (C=O) groups excluding carboxylic acids is 3. The Balaban J connectivity index is 1.42. The SMILES string of the molecule is NC(=O)N1CCCN(C(=O)C2Cc3ncn(Cc4ccccc4Cl)c3CN2C(=O)Nc2ccccc2)CC1. The number of benzene rings is 2. The van der Waals surface area contributed by atoms with Crippen LogP contribution in [0.15, 0.2) is 60.9 Å². The second kappa shape index (κ2) is 11.1. The second-order valence-electron chi connectivity index (χ2n) is 9.51. The number of amides is 5. The second-order valence-corrected chi connectivity index (χ2v) is 9.91. The highest BCUT2D eigenvalue weighted by atomic mass is 35.5. The maximum absolute atomic E-state index is 13.8. The summed E-state index contributed by atoms with van der Waals surface area (Å²) in [5.41, 5.74) is 8.70. The van der Waals surface area contributed by atoms with Crippen molar-refractivity contribution in [1.82, 2.24) is 24.3 Å². The standard InChI is InChI=1S/C27H30ClN7O3/c28-21-10-5-4-7-19(21)16-34-18-30-22-15-23(25(36)32-11-6-12-33(14-13-32)26(29)37)35(17-24(22)34)27(38)31-20-8-2-1-3-9-20/h1-5,7-10,18,23H,6,11-17H2,(H2,29,37)(H,31,38). The number of rotatable bonds is 4. The Morgan fingerprint density at radius 1 is 0.974 bits per heavy atom. The predicted molar refractivity (Wildman–Crippen MR) is 144 cm³/mol. The van der Waals surface area contributed by atoms with E-state index in [9.17, 15) is 14.4 Å². The van der Waals surface area contributed by atoms with Gasteiger partial charge in [-0.2, -0.15) is 0 Å². The van der Waals surface area contributed by atoms with E-state index in [1.165, 1.54) is 0 Å². The number of nitrogens with one attached hydrogen (secondary N) is 1. The molecular weight excluding hydrogens is 506 g/mol. The van der Waals surface area contributed by atoms with E-state index < -0.39 is 12.1 Å². The number of urea groups is 2. The Kier molecular flexibility index (Phi) is 7.50. The Morgan fingerprint density at radius 2 is 1.68 bits per heavy atom. The molecular formula is C27H30ClN7O3. The van der Waals surface area contributed by atoms with Crippen LogP contribution in [0.2, 0.25) is 5.02 Å². The zero-order chi connectivity index (χ0) is 26.6. The molecule has 10 nitrogen and oxygen atoms in total. The lowest BCUT2D eigenvalue weighted by atomic mass is 10.0. The van der Waals surface area contributed by atoms with Crippen LogP contribution < -0.4 is 11.1 Å². The molecule has 1 saturated heterocycles. The zero-order valence-corrected chi connectivity index (χ0v) is 21.7. The lowest BCUT2D eigenvalue weighted by Gasteiger charge is -2.37. The molecule has 0 radical (unpaired) electrons. The number of imidazole rings is 1. The van der Waals surface area contributed by atoms with Crippen LogP contribution in [0.4, 0.5) is 15.3 Å². The molecule has 0 saturated carbocycles. The first-order valence-electron chi connectivity index (χ1n) is 12.6. The highest BCUT2D eigenvalue weighted by molar-refractivity contribution is 6.31. The van der Waals surface area contributed by atoms with E-state index in [0.717, 1.165) is 17.0 Å². The van der Waals surface area contributed by atoms with Crippen LogP contribution >= 0.6 is 11.6 Å². The normalized spacial score (nSPS) is 17.5. The molecule has 38 heavy (non-hydrogen) atoms. The van der Waals surface area contributed by atoms with Crippen LogP contribution in [0.5, 0.6) is 0 Å². The minimum absolute atomic E-state index is 0.161. The number of para-hydroxylation sites is 1. The molecule has 2 aliphatic heterocycles. The van der Waals surface area contributed by atoms with Crippen molar-refractivity contribution in [3.05, 3.63) is 82.9 Å². The van der Waals surface area contributed by atoms with Gasteiger partial charge in [-0.15, -0.1) is 0 Å². The molecule has 5 rings (SSSR count). The van der Waals surface area contributed by atoms with E-state index in [4.69, 9.17) is 17.3 Å². The molecule has 198 valence electrons. The van der Waals surface area contributed by atoms with E-state index in [1.807, 2.05) is 47.0 Å². The third-order valence-electron chi connectivity index (χ3n) is 7.10. The van der Waals surface area contributed by atoms with Crippen LogP contribution in [-0.2, 0) is 24.3 Å². The van der Waals surface area contributed by atoms with Crippen molar-refractivity contribution in [1.29, 1.82) is 0 Å². The maximum atomic E-state index is 13.8. The van der Waals surface area contributed by atoms with Gasteiger partial charge in [0.05, 0.1) is 30.8 Å². The van der Waals surface area contributed by atoms with Gasteiger partial charge in [-0.05, 0) is 30.2 Å². The number of halogens is 1. The number of nitrogens with two attached hydrogens (primary N) is 1. The van der Waals surface area contributed by atoms with Crippen LogP contribution in [0.3, 0.4) is 0 Å². The van der Waals surface area contributed by atoms with Crippen LogP contribution in [-0.4, -0.2) is 74.4 Å². The molecule has 0 bridgehead atoms. The van der Waals surface area contributed by atoms with E-state index >= 15 is 0 Å². The minimum atomic E-state index is -0.727. The fourth-order valence-corrected chi connectivity index (χ4v) is 5.23. The summed E-state index contributed by atoms with van der Waals surface area (Å²) in [6, 6.07) is 15.2. The van der Waals surface area contributed by atoms with Crippen LogP contribution in [0, 0.1) is 0 Å². The largest absolute Gasteiger partial charge is 0.351 e. The summed E-state index contributed by atoms with van der Waals surface area (Å²) in [5, 5.41) is 3.59. The van der Waals surface area contributed by atoms with Gasteiger partial charge in [-0.25, -0.2) is 14.6 Å². The van der Waals surface area contributed by atoms with Gasteiger partial charge in [0.15, 0.2) is 0 Å². The number of fused-ring (bicyclic) bond motifs is 1. The Morgan fingerprint density at radius 3 is 2.45 bits per heavy atom. The van der Waals surface area contributed by atoms with Gasteiger partial charge in [0.25, 0.3) is 0 Å². The Labute approximate surface area is 226 Å². The molecule has 1 aromatic heterocycles. The van der Waals surface area contributed by atoms with E-state index in [-0.39, 0.29) is 18.5 Å². The molecule has 0 spiro atoms. The molecule has 3 aromatic rings. The Hall–Kier alpha value is -4.05. The molecule has 1 fully saturated rings. The smallest absolute Gasteiger partial charge is 0.322 e. The van der Waals surface area contributed by atoms with Crippen molar-refractivity contribution in [2.45, 2.75) is 32.0 Å². The van der Waals surface area contributed by atoms with Crippen LogP contribution in [0.25, 0.3) is 0 Å². The average Bonchev–Trinajstić information content (AvgIpc) is 3.13. The first kappa shape index (κ1) is 25.6. The lowest BCUT2D eigenvalue weighted by Crippen LogP contribution is -2.55. The van der Waals surface area contributed by atoms with Gasteiger partial charge in [-0.3, -0.25) is 4.79 Å². The molecule has 0 aliphatic carbocycles. The number of anilines is 1. The monoisotopic (exact) mass is 535 g/mol. The van der Waals surface area contributed by atoms with E-state index in [1.54, 1.807) is 33.2 Å². The molecule has 3 heterocycles. The summed E-state index contributed by atoms with van der Waals surface area (Å²) in [4.78, 5) is 48.5. The summed E-state index contributed by atoms with van der Waals surface area (Å²) in [5.74, 6) is -0.161. The number of nitrogens with zero attached hydrogens (tertiary/aromatic N) is 5. The van der Waals surface area contributed by atoms with Crippen LogP contribution in [0.1, 0.15) is 23.4 Å². The number of hydrogen-bond donors (Lipinski definition) is 2. The quantitative estimate of drug-likeness (QED) is 0.533. The molecule has 11 heteroatoms. The van der Waals surface area contributed by atoms with E-state index in [0.29, 0.717) is 56.3 Å². The summed E-state index contributed by atoms with van der Waals surface area (Å²) in [6.45, 7) is 2.43. The lowest BCUT2D eigenvalue weighted by molar-refractivity contribution is -0.136. The van der Waals surface area contributed by atoms with Gasteiger partial charge >= 0.3 is 12.1 Å². The van der Waals surface area contributed by atoms with Gasteiger partial charge in [0.2, 0.25) is 5.91 Å². The summed E-state index contributed by atoms with van der Waals surface area (Å²) >= 11 is 6.40. The third kappa shape index (κ3) is 5.45. The fourth-order valence-electron chi connectivity index (χ4n) is 5.03. The third-order valence-corrected chi connectivity index (χ3v) is 7.47. The van der Waals surface area contributed by atoms with Crippen molar-refractivity contribution in [3.8, 4) is 0 Å². The number of primary amides is 1. The number of aromatic nitrogens is 2. The van der Waals surface area contributed by atoms with E-state index in [2.05, 4.69) is 10.3 Å². The van der Waals surface area contributed by atoms with Crippen molar-refractivity contribution in [2.75, 3.05) is 31.5 Å². The zero-order valence-electron chi connectivity index (χ0n) is 20.9. The minimum Gasteiger partial charge on any atom is -0.351 e. The van der Waals surface area contributed by atoms with Gasteiger partial charge in [0, 0.05) is 43.3 Å². The van der Waals surface area contributed by atoms with Crippen molar-refractivity contribution in [3.63, 3.8) is 0 Å². The predicted octanol–water partition coefficient (Wildman–Crippen LogP) is 3.16. The molecule has 3 N–H and O–H groups in total. The first-order chi connectivity index (χ1) is 18.4. The highest BCUT2D eigenvalue weighted by Crippen LogP contribution is 2.27. The molecule has 1 atom stereocenters. The number of carbonyl (C=O) groups is 3. The summed E-state index contributed by atoms with van der Waals surface area (Å²) in [7, 11) is 0. The topological polar surface area (TPSA) is 117 Å². The first-order valence-corrected chi connectivity index (χ1v) is 13.0. The van der Waals surface area contributed by atoms with Gasteiger partial charge in [0.1, 0.15) is 6.04 Å². The maximum Gasteiger partial charge on any atom is 0.322 e. The van der Waals surface area contributed by atoms with Crippen molar-refractivity contribution < 1.29 is 14.4 Å². The van der Waals surface area contributed by atoms with Gasteiger partial charge in [-0.1, -0.05) is 48.0 Å². The Bertz CT molecular complexity index is 1330. The average molecular weight is 536 g/mol.